The molecule has 0 spiro atoms. The van der Waals surface area contributed by atoms with Crippen LogP contribution in [0.3, 0.4) is 0 Å². The molecule has 2 rings (SSSR count). The molecule has 0 bridgehead atoms. The van der Waals surface area contributed by atoms with Crippen LogP contribution in [0.2, 0.25) is 0 Å². The number of pyridine rings is 1. The van der Waals surface area contributed by atoms with Gasteiger partial charge in [-0.15, -0.1) is 0 Å². The molecule has 26 heavy (non-hydrogen) atoms. The van der Waals surface area contributed by atoms with Crippen LogP contribution in [-0.4, -0.2) is 63.4 Å². The Hall–Kier alpha value is -2.64. The van der Waals surface area contributed by atoms with Crippen molar-refractivity contribution >= 4 is 17.8 Å². The monoisotopic (exact) mass is 363 g/mol. The molecule has 0 aromatic carbocycles. The van der Waals surface area contributed by atoms with Crippen LogP contribution in [0, 0.1) is 13.8 Å². The third-order valence-corrected chi connectivity index (χ3v) is 4.71. The van der Waals surface area contributed by atoms with Crippen molar-refractivity contribution < 1.29 is 19.5 Å². The summed E-state index contributed by atoms with van der Waals surface area (Å²) in [4.78, 5) is 53.4. The summed E-state index contributed by atoms with van der Waals surface area (Å²) in [6.45, 7) is 5.36. The lowest BCUT2D eigenvalue weighted by Gasteiger charge is -2.28. The largest absolute Gasteiger partial charge is 0.480 e. The molecule has 0 radical (unpaired) electrons. The second kappa shape index (κ2) is 8.16. The topological polar surface area (TPSA) is 111 Å². The van der Waals surface area contributed by atoms with Crippen LogP contribution in [0.15, 0.2) is 10.9 Å². The normalized spacial score (nSPS) is 17.5. The molecule has 2 amide bonds. The van der Waals surface area contributed by atoms with Gasteiger partial charge >= 0.3 is 5.97 Å². The van der Waals surface area contributed by atoms with Gasteiger partial charge in [0.1, 0.15) is 12.1 Å². The molecule has 2 heterocycles. The maximum Gasteiger partial charge on any atom is 0.323 e. The zero-order chi connectivity index (χ0) is 19.4. The van der Waals surface area contributed by atoms with Gasteiger partial charge in [-0.2, -0.15) is 0 Å². The first-order chi connectivity index (χ1) is 12.2. The first kappa shape index (κ1) is 19.7. The molecule has 1 unspecified atom stereocenters. The van der Waals surface area contributed by atoms with E-state index in [9.17, 15) is 19.2 Å². The summed E-state index contributed by atoms with van der Waals surface area (Å²) in [6, 6.07) is 1.54. The van der Waals surface area contributed by atoms with Crippen LogP contribution < -0.4 is 5.56 Å². The third kappa shape index (κ3) is 4.50. The molecule has 1 aromatic rings. The van der Waals surface area contributed by atoms with Crippen LogP contribution >= 0.6 is 0 Å². The highest BCUT2D eigenvalue weighted by Gasteiger charge is 2.29. The number of rotatable bonds is 4. The molecule has 1 saturated heterocycles. The van der Waals surface area contributed by atoms with Gasteiger partial charge < -0.3 is 19.9 Å². The number of aryl methyl sites for hydroxylation is 2. The average molecular weight is 363 g/mol. The molecule has 1 aliphatic rings. The maximum atomic E-state index is 12.8. The number of likely N-dealkylation sites (tertiary alicyclic amines) is 1. The number of H-pyrrole nitrogens is 1. The van der Waals surface area contributed by atoms with Crippen molar-refractivity contribution in [1.82, 2.24) is 14.8 Å². The van der Waals surface area contributed by atoms with E-state index >= 15 is 0 Å². The lowest BCUT2D eigenvalue weighted by atomic mass is 10.1. The minimum Gasteiger partial charge on any atom is -0.480 e. The minimum atomic E-state index is -1.06. The van der Waals surface area contributed by atoms with Gasteiger partial charge in [0.2, 0.25) is 5.91 Å². The number of amides is 2. The van der Waals surface area contributed by atoms with Crippen molar-refractivity contribution in [3.63, 3.8) is 0 Å². The van der Waals surface area contributed by atoms with E-state index in [2.05, 4.69) is 4.98 Å². The molecule has 1 atom stereocenters. The van der Waals surface area contributed by atoms with E-state index in [4.69, 9.17) is 5.11 Å². The van der Waals surface area contributed by atoms with Crippen LogP contribution in [0.1, 0.15) is 47.8 Å². The van der Waals surface area contributed by atoms with Gasteiger partial charge in [0.05, 0.1) is 0 Å². The van der Waals surface area contributed by atoms with E-state index < -0.39 is 11.5 Å². The number of aromatic nitrogens is 1. The number of hydrogen-bond donors (Lipinski definition) is 2. The molecular weight excluding hydrogens is 338 g/mol. The highest BCUT2D eigenvalue weighted by Crippen LogP contribution is 2.19. The van der Waals surface area contributed by atoms with Crippen LogP contribution in [0.25, 0.3) is 0 Å². The number of carboxylic acid groups (broad SMARTS) is 1. The Morgan fingerprint density at radius 3 is 2.54 bits per heavy atom. The van der Waals surface area contributed by atoms with Crippen LogP contribution in [0.5, 0.6) is 0 Å². The first-order valence-corrected chi connectivity index (χ1v) is 8.69. The Kier molecular flexibility index (Phi) is 6.18. The Balaban J connectivity index is 2.15. The van der Waals surface area contributed by atoms with Crippen LogP contribution in [0.4, 0.5) is 0 Å². The van der Waals surface area contributed by atoms with Gasteiger partial charge in [0.15, 0.2) is 0 Å². The zero-order valence-electron chi connectivity index (χ0n) is 15.4. The fourth-order valence-electron chi connectivity index (χ4n) is 3.51. The summed E-state index contributed by atoms with van der Waals surface area (Å²) < 4.78 is 0. The maximum absolute atomic E-state index is 12.8. The standard InChI is InChI=1S/C18H25N3O5/c1-11-9-12(2)19-17(25)16(11)18(26)20-7-4-5-14(6-8-20)21(13(3)22)10-15(23)24/h9,14H,4-8,10H2,1-3H3,(H,19,25)(H,23,24). The number of hydrogen-bond acceptors (Lipinski definition) is 4. The number of carbonyl (C=O) groups excluding carboxylic acids is 2. The third-order valence-electron chi connectivity index (χ3n) is 4.71. The van der Waals surface area contributed by atoms with E-state index in [1.165, 1.54) is 11.8 Å². The second-order valence-corrected chi connectivity index (χ2v) is 6.76. The van der Waals surface area contributed by atoms with E-state index in [0.717, 1.165) is 0 Å². The summed E-state index contributed by atoms with van der Waals surface area (Å²) in [6.07, 6.45) is 1.75. The summed E-state index contributed by atoms with van der Waals surface area (Å²) in [5, 5.41) is 9.01. The molecular formula is C18H25N3O5. The Labute approximate surface area is 151 Å². The molecule has 1 aromatic heterocycles. The lowest BCUT2D eigenvalue weighted by Crippen LogP contribution is -2.43. The van der Waals surface area contributed by atoms with Gasteiger partial charge in [-0.3, -0.25) is 19.2 Å². The quantitative estimate of drug-likeness (QED) is 0.826. The Morgan fingerprint density at radius 2 is 1.96 bits per heavy atom. The number of nitrogens with one attached hydrogen (secondary N) is 1. The highest BCUT2D eigenvalue weighted by atomic mass is 16.4. The fraction of sp³-hybridized carbons (Fsp3) is 0.556. The zero-order valence-corrected chi connectivity index (χ0v) is 15.4. The number of aliphatic carboxylic acids is 1. The number of carbonyl (C=O) groups is 3. The fourth-order valence-corrected chi connectivity index (χ4v) is 3.51. The highest BCUT2D eigenvalue weighted by molar-refractivity contribution is 5.95. The smallest absolute Gasteiger partial charge is 0.323 e. The molecule has 0 saturated carbocycles. The molecule has 1 fully saturated rings. The number of carboxylic acids is 1. The van der Waals surface area contributed by atoms with Crippen molar-refractivity contribution in [3.05, 3.63) is 33.2 Å². The Bertz CT molecular complexity index is 771. The summed E-state index contributed by atoms with van der Waals surface area (Å²) in [5.41, 5.74) is 1.08. The van der Waals surface area contributed by atoms with Gasteiger partial charge in [-0.25, -0.2) is 0 Å². The van der Waals surface area contributed by atoms with Gasteiger partial charge in [0, 0.05) is 31.7 Å². The molecule has 0 aliphatic carbocycles. The van der Waals surface area contributed by atoms with E-state index in [1.54, 1.807) is 24.8 Å². The van der Waals surface area contributed by atoms with Gasteiger partial charge in [-0.05, 0) is 44.7 Å². The molecule has 1 aliphatic heterocycles. The van der Waals surface area contributed by atoms with Crippen molar-refractivity contribution in [3.8, 4) is 0 Å². The number of aromatic amines is 1. The van der Waals surface area contributed by atoms with Crippen molar-refractivity contribution in [2.45, 2.75) is 46.1 Å². The average Bonchev–Trinajstić information content (AvgIpc) is 2.77. The molecule has 142 valence electrons. The lowest BCUT2D eigenvalue weighted by molar-refractivity contribution is -0.145. The first-order valence-electron chi connectivity index (χ1n) is 8.69. The van der Waals surface area contributed by atoms with Gasteiger partial charge in [-0.1, -0.05) is 0 Å². The van der Waals surface area contributed by atoms with E-state index in [0.29, 0.717) is 43.6 Å². The van der Waals surface area contributed by atoms with Crippen molar-refractivity contribution in [1.29, 1.82) is 0 Å². The van der Waals surface area contributed by atoms with Crippen molar-refractivity contribution in [2.24, 2.45) is 0 Å². The molecule has 8 heteroatoms. The van der Waals surface area contributed by atoms with E-state index in [1.807, 2.05) is 0 Å². The van der Waals surface area contributed by atoms with E-state index in [-0.39, 0.29) is 30.0 Å². The predicted molar refractivity (Wildman–Crippen MR) is 95.1 cm³/mol. The second-order valence-electron chi connectivity index (χ2n) is 6.76. The Morgan fingerprint density at radius 1 is 1.27 bits per heavy atom. The van der Waals surface area contributed by atoms with Crippen molar-refractivity contribution in [2.75, 3.05) is 19.6 Å². The SMILES string of the molecule is CC(=O)N(CC(=O)O)C1CCCN(C(=O)c2c(C)cc(C)[nH]c2=O)CC1. The molecule has 2 N–H and O–H groups in total. The van der Waals surface area contributed by atoms with Gasteiger partial charge in [0.25, 0.3) is 11.5 Å². The number of nitrogens with zero attached hydrogens (tertiary/aromatic N) is 2. The summed E-state index contributed by atoms with van der Waals surface area (Å²) in [7, 11) is 0. The van der Waals surface area contributed by atoms with Crippen LogP contribution in [-0.2, 0) is 9.59 Å². The summed E-state index contributed by atoms with van der Waals surface area (Å²) in [5.74, 6) is -1.67. The summed E-state index contributed by atoms with van der Waals surface area (Å²) >= 11 is 0. The minimum absolute atomic E-state index is 0.142. The molecule has 8 nitrogen and oxygen atoms in total. The predicted octanol–water partition coefficient (Wildman–Crippen LogP) is 0.920.